The maximum absolute atomic E-state index is 11.1. The fraction of sp³-hybridized carbons (Fsp3) is 0.143. The number of aromatic carboxylic acids is 1. The van der Waals surface area contributed by atoms with Gasteiger partial charge in [-0.15, -0.1) is 0 Å². The van der Waals surface area contributed by atoms with Crippen LogP contribution in [0.1, 0.15) is 21.5 Å². The highest BCUT2D eigenvalue weighted by Crippen LogP contribution is 2.30. The van der Waals surface area contributed by atoms with Crippen molar-refractivity contribution in [2.45, 2.75) is 13.8 Å². The van der Waals surface area contributed by atoms with Crippen LogP contribution in [-0.2, 0) is 0 Å². The highest BCUT2D eigenvalue weighted by atomic mass is 35.5. The molecule has 1 N–H and O–H groups in total. The second kappa shape index (κ2) is 5.28. The van der Waals surface area contributed by atoms with E-state index in [0.29, 0.717) is 10.8 Å². The van der Waals surface area contributed by atoms with E-state index in [0.717, 1.165) is 11.1 Å². The first-order chi connectivity index (χ1) is 8.99. The Hall–Kier alpha value is -2.07. The predicted octanol–water partition coefficient (Wildman–Crippen LogP) is 3.84. The molecule has 0 spiro atoms. The minimum absolute atomic E-state index is 0.0697. The number of hydrogen-bond donors (Lipinski definition) is 1. The van der Waals surface area contributed by atoms with Gasteiger partial charge in [0.1, 0.15) is 11.3 Å². The molecular weight excluding hydrogens is 266 g/mol. The Morgan fingerprint density at radius 3 is 2.53 bits per heavy atom. The van der Waals surface area contributed by atoms with Gasteiger partial charge < -0.3 is 9.84 Å². The van der Waals surface area contributed by atoms with Crippen molar-refractivity contribution in [1.29, 1.82) is 0 Å². The van der Waals surface area contributed by atoms with E-state index in [-0.39, 0.29) is 11.3 Å². The van der Waals surface area contributed by atoms with Gasteiger partial charge in [-0.2, -0.15) is 0 Å². The Labute approximate surface area is 115 Å². The predicted molar refractivity (Wildman–Crippen MR) is 72.2 cm³/mol. The summed E-state index contributed by atoms with van der Waals surface area (Å²) in [6.45, 7) is 3.73. The van der Waals surface area contributed by atoms with Gasteiger partial charge in [-0.25, -0.2) is 4.79 Å². The average Bonchev–Trinajstić information content (AvgIpc) is 2.36. The molecule has 0 atom stereocenters. The van der Waals surface area contributed by atoms with Crippen molar-refractivity contribution in [2.24, 2.45) is 0 Å². The maximum atomic E-state index is 11.1. The lowest BCUT2D eigenvalue weighted by molar-refractivity contribution is 0.0694. The fourth-order valence-corrected chi connectivity index (χ4v) is 1.84. The summed E-state index contributed by atoms with van der Waals surface area (Å²) in [6, 6.07) is 4.91. The zero-order chi connectivity index (χ0) is 14.0. The quantitative estimate of drug-likeness (QED) is 0.926. The van der Waals surface area contributed by atoms with Crippen molar-refractivity contribution in [3.63, 3.8) is 0 Å². The van der Waals surface area contributed by atoms with Gasteiger partial charge in [-0.1, -0.05) is 11.6 Å². The van der Waals surface area contributed by atoms with Gasteiger partial charge in [0.25, 0.3) is 0 Å². The number of carboxylic acids is 1. The number of benzene rings is 1. The van der Waals surface area contributed by atoms with Crippen molar-refractivity contribution in [2.75, 3.05) is 0 Å². The number of carbonyl (C=O) groups is 1. The Morgan fingerprint density at radius 2 is 1.95 bits per heavy atom. The zero-order valence-corrected chi connectivity index (χ0v) is 11.2. The van der Waals surface area contributed by atoms with E-state index < -0.39 is 5.97 Å². The molecule has 98 valence electrons. The summed E-state index contributed by atoms with van der Waals surface area (Å²) >= 11 is 6.07. The van der Waals surface area contributed by atoms with E-state index in [2.05, 4.69) is 4.98 Å². The number of hydrogen-bond acceptors (Lipinski definition) is 3. The number of halogens is 1. The molecule has 2 rings (SSSR count). The molecule has 19 heavy (non-hydrogen) atoms. The van der Waals surface area contributed by atoms with E-state index in [9.17, 15) is 4.79 Å². The summed E-state index contributed by atoms with van der Waals surface area (Å²) in [5, 5.41) is 9.75. The molecule has 4 nitrogen and oxygen atoms in total. The van der Waals surface area contributed by atoms with Crippen LogP contribution in [0.3, 0.4) is 0 Å². The number of nitrogens with zero attached hydrogens (tertiary/aromatic N) is 1. The van der Waals surface area contributed by atoms with Gasteiger partial charge >= 0.3 is 5.97 Å². The van der Waals surface area contributed by atoms with Gasteiger partial charge in [0.2, 0.25) is 0 Å². The third-order valence-electron chi connectivity index (χ3n) is 2.65. The first-order valence-electron chi connectivity index (χ1n) is 5.61. The molecule has 1 heterocycles. The van der Waals surface area contributed by atoms with Crippen LogP contribution in [0.25, 0.3) is 0 Å². The van der Waals surface area contributed by atoms with Crippen LogP contribution < -0.4 is 4.74 Å². The molecule has 0 radical (unpaired) electrons. The van der Waals surface area contributed by atoms with Crippen LogP contribution in [0, 0.1) is 13.8 Å². The van der Waals surface area contributed by atoms with Gasteiger partial charge in [0, 0.05) is 11.2 Å². The number of pyridine rings is 1. The second-order valence-corrected chi connectivity index (χ2v) is 4.53. The molecule has 0 amide bonds. The van der Waals surface area contributed by atoms with Crippen LogP contribution in [0.4, 0.5) is 0 Å². The summed E-state index contributed by atoms with van der Waals surface area (Å²) in [5.41, 5.74) is 1.81. The minimum Gasteiger partial charge on any atom is -0.478 e. The summed E-state index contributed by atoms with van der Waals surface area (Å²) in [4.78, 5) is 14.9. The van der Waals surface area contributed by atoms with Crippen molar-refractivity contribution in [1.82, 2.24) is 4.98 Å². The molecule has 1 aromatic heterocycles. The molecule has 0 saturated heterocycles. The summed E-state index contributed by atoms with van der Waals surface area (Å²) < 4.78 is 5.59. The van der Waals surface area contributed by atoms with E-state index in [1.807, 2.05) is 13.8 Å². The highest BCUT2D eigenvalue weighted by Gasteiger charge is 2.12. The maximum Gasteiger partial charge on any atom is 0.339 e. The van der Waals surface area contributed by atoms with Crippen molar-refractivity contribution in [3.8, 4) is 11.5 Å². The fourth-order valence-electron chi connectivity index (χ4n) is 1.73. The molecule has 0 bridgehead atoms. The van der Waals surface area contributed by atoms with E-state index >= 15 is 0 Å². The second-order valence-electron chi connectivity index (χ2n) is 4.15. The Kier molecular flexibility index (Phi) is 3.71. The van der Waals surface area contributed by atoms with E-state index in [4.69, 9.17) is 21.4 Å². The van der Waals surface area contributed by atoms with Crippen LogP contribution in [0.2, 0.25) is 5.02 Å². The minimum atomic E-state index is -1.06. The smallest absolute Gasteiger partial charge is 0.339 e. The lowest BCUT2D eigenvalue weighted by atomic mass is 10.1. The molecule has 0 unspecified atom stereocenters. The topological polar surface area (TPSA) is 59.4 Å². The van der Waals surface area contributed by atoms with Crippen LogP contribution in [-0.4, -0.2) is 16.1 Å². The van der Waals surface area contributed by atoms with Gasteiger partial charge in [0.15, 0.2) is 5.75 Å². The Bertz CT molecular complexity index is 617. The molecule has 2 aromatic rings. The molecule has 0 aliphatic rings. The summed E-state index contributed by atoms with van der Waals surface area (Å²) in [5.74, 6) is -0.314. The first-order valence-corrected chi connectivity index (χ1v) is 5.98. The Balaban J connectivity index is 2.39. The van der Waals surface area contributed by atoms with Gasteiger partial charge in [0.05, 0.1) is 6.20 Å². The van der Waals surface area contributed by atoms with Crippen LogP contribution in [0.5, 0.6) is 11.5 Å². The van der Waals surface area contributed by atoms with Crippen molar-refractivity contribution in [3.05, 3.63) is 52.3 Å². The molecule has 0 aliphatic carbocycles. The third-order valence-corrected chi connectivity index (χ3v) is 3.25. The highest BCUT2D eigenvalue weighted by molar-refractivity contribution is 6.32. The molecule has 0 saturated carbocycles. The number of ether oxygens (including phenoxy) is 1. The van der Waals surface area contributed by atoms with E-state index in [1.165, 1.54) is 18.5 Å². The third kappa shape index (κ3) is 2.85. The SMILES string of the molecule is Cc1cc(Oc2cnccc2C(=O)O)cc(C)c1Cl. The number of aromatic nitrogens is 1. The lowest BCUT2D eigenvalue weighted by Crippen LogP contribution is -2.00. The van der Waals surface area contributed by atoms with Crippen LogP contribution in [0.15, 0.2) is 30.6 Å². The van der Waals surface area contributed by atoms with Crippen LogP contribution >= 0.6 is 11.6 Å². The summed E-state index contributed by atoms with van der Waals surface area (Å²) in [7, 11) is 0. The molecule has 5 heteroatoms. The zero-order valence-electron chi connectivity index (χ0n) is 10.5. The standard InChI is InChI=1S/C14H12ClNO3/c1-8-5-10(6-9(2)13(8)15)19-12-7-16-4-3-11(12)14(17)18/h3-7H,1-2H3,(H,17,18). The number of carboxylic acid groups (broad SMARTS) is 1. The van der Waals surface area contributed by atoms with Crippen molar-refractivity contribution < 1.29 is 14.6 Å². The monoisotopic (exact) mass is 277 g/mol. The molecule has 0 fully saturated rings. The first kappa shape index (κ1) is 13.4. The normalized spacial score (nSPS) is 10.3. The van der Waals surface area contributed by atoms with Gasteiger partial charge in [-0.05, 0) is 43.2 Å². The molecular formula is C14H12ClNO3. The van der Waals surface area contributed by atoms with Gasteiger partial charge in [-0.3, -0.25) is 4.98 Å². The van der Waals surface area contributed by atoms with E-state index in [1.54, 1.807) is 12.1 Å². The number of rotatable bonds is 3. The molecule has 0 aliphatic heterocycles. The number of aryl methyl sites for hydroxylation is 2. The Morgan fingerprint density at radius 1 is 1.32 bits per heavy atom. The molecule has 1 aromatic carbocycles. The lowest BCUT2D eigenvalue weighted by Gasteiger charge is -2.10. The summed E-state index contributed by atoms with van der Waals surface area (Å²) in [6.07, 6.45) is 2.79. The largest absolute Gasteiger partial charge is 0.478 e. The average molecular weight is 278 g/mol. The van der Waals surface area contributed by atoms with Crippen molar-refractivity contribution >= 4 is 17.6 Å².